The predicted molar refractivity (Wildman–Crippen MR) is 103 cm³/mol. The molecule has 132 valence electrons. The first-order valence-corrected chi connectivity index (χ1v) is 9.27. The highest BCUT2D eigenvalue weighted by Gasteiger charge is 2.20. The minimum atomic E-state index is 0.0963. The second-order valence-electron chi connectivity index (χ2n) is 7.07. The molecule has 1 aliphatic rings. The Balaban J connectivity index is 1.59. The van der Waals surface area contributed by atoms with Crippen LogP contribution in [0.3, 0.4) is 0 Å². The summed E-state index contributed by atoms with van der Waals surface area (Å²) < 4.78 is 0. The van der Waals surface area contributed by atoms with E-state index in [-0.39, 0.29) is 11.9 Å². The van der Waals surface area contributed by atoms with Gasteiger partial charge in [-0.15, -0.1) is 0 Å². The maximum absolute atomic E-state index is 12.5. The van der Waals surface area contributed by atoms with Crippen molar-refractivity contribution in [1.29, 1.82) is 0 Å². The smallest absolute Gasteiger partial charge is 0.222 e. The third-order valence-electron chi connectivity index (χ3n) is 5.40. The molecule has 1 aliphatic heterocycles. The average Bonchev–Trinajstić information content (AvgIpc) is 3.19. The van der Waals surface area contributed by atoms with Crippen LogP contribution in [0, 0.1) is 5.92 Å². The Kier molecular flexibility index (Phi) is 5.87. The fraction of sp³-hybridized carbons (Fsp3) is 0.409. The maximum Gasteiger partial charge on any atom is 0.222 e. The first-order chi connectivity index (χ1) is 12.1. The van der Waals surface area contributed by atoms with Crippen LogP contribution < -0.4 is 5.32 Å². The van der Waals surface area contributed by atoms with Gasteiger partial charge in [-0.25, -0.2) is 0 Å². The summed E-state index contributed by atoms with van der Waals surface area (Å²) in [6.07, 6.45) is 2.85. The van der Waals surface area contributed by atoms with Crippen molar-refractivity contribution in [3.63, 3.8) is 0 Å². The Morgan fingerprint density at radius 1 is 1.12 bits per heavy atom. The van der Waals surface area contributed by atoms with Crippen LogP contribution in [0.4, 0.5) is 0 Å². The summed E-state index contributed by atoms with van der Waals surface area (Å²) in [6, 6.07) is 19.0. The molecule has 3 rings (SSSR count). The molecule has 1 N–H and O–H groups in total. The standard InChI is InChI=1S/C22H28N2O/c1-17(24(2)22(25)13-8-18-14-15-23-16-18)19-9-11-21(12-10-19)20-6-4-3-5-7-20/h3-7,9-12,17-18,23H,8,13-16H2,1-2H3. The first kappa shape index (κ1) is 17.7. The highest BCUT2D eigenvalue weighted by Crippen LogP contribution is 2.25. The lowest BCUT2D eigenvalue weighted by Gasteiger charge is -2.26. The van der Waals surface area contributed by atoms with Crippen LogP contribution in [0.15, 0.2) is 54.6 Å². The Bertz CT molecular complexity index is 675. The van der Waals surface area contributed by atoms with E-state index in [9.17, 15) is 4.79 Å². The number of hydrogen-bond acceptors (Lipinski definition) is 2. The van der Waals surface area contributed by atoms with Gasteiger partial charge in [0.15, 0.2) is 0 Å². The average molecular weight is 336 g/mol. The molecular weight excluding hydrogens is 308 g/mol. The van der Waals surface area contributed by atoms with Crippen LogP contribution in [-0.4, -0.2) is 30.9 Å². The molecule has 1 fully saturated rings. The van der Waals surface area contributed by atoms with Gasteiger partial charge in [0.05, 0.1) is 6.04 Å². The van der Waals surface area contributed by atoms with Gasteiger partial charge in [0.1, 0.15) is 0 Å². The topological polar surface area (TPSA) is 32.3 Å². The Morgan fingerprint density at radius 3 is 2.44 bits per heavy atom. The Morgan fingerprint density at radius 2 is 1.80 bits per heavy atom. The van der Waals surface area contributed by atoms with Crippen LogP contribution in [-0.2, 0) is 4.79 Å². The van der Waals surface area contributed by atoms with Crippen LogP contribution >= 0.6 is 0 Å². The minimum Gasteiger partial charge on any atom is -0.339 e. The third kappa shape index (κ3) is 4.49. The fourth-order valence-electron chi connectivity index (χ4n) is 3.49. The molecule has 3 heteroatoms. The summed E-state index contributed by atoms with van der Waals surface area (Å²) >= 11 is 0. The van der Waals surface area contributed by atoms with Crippen molar-refractivity contribution in [1.82, 2.24) is 10.2 Å². The van der Waals surface area contributed by atoms with Crippen molar-refractivity contribution in [3.8, 4) is 11.1 Å². The van der Waals surface area contributed by atoms with E-state index in [0.29, 0.717) is 12.3 Å². The highest BCUT2D eigenvalue weighted by molar-refractivity contribution is 5.76. The van der Waals surface area contributed by atoms with Gasteiger partial charge in [0.25, 0.3) is 0 Å². The number of carbonyl (C=O) groups excluding carboxylic acids is 1. The highest BCUT2D eigenvalue weighted by atomic mass is 16.2. The number of rotatable bonds is 6. The number of nitrogens with zero attached hydrogens (tertiary/aromatic N) is 1. The van der Waals surface area contributed by atoms with E-state index in [2.05, 4.69) is 60.8 Å². The molecule has 1 saturated heterocycles. The van der Waals surface area contributed by atoms with Gasteiger partial charge in [0.2, 0.25) is 5.91 Å². The van der Waals surface area contributed by atoms with Crippen molar-refractivity contribution in [3.05, 3.63) is 60.2 Å². The second-order valence-corrected chi connectivity index (χ2v) is 7.07. The van der Waals surface area contributed by atoms with E-state index in [1.807, 2.05) is 18.0 Å². The number of benzene rings is 2. The number of carbonyl (C=O) groups is 1. The zero-order valence-corrected chi connectivity index (χ0v) is 15.2. The quantitative estimate of drug-likeness (QED) is 0.855. The van der Waals surface area contributed by atoms with Gasteiger partial charge >= 0.3 is 0 Å². The van der Waals surface area contributed by atoms with Gasteiger partial charge in [-0.2, -0.15) is 0 Å². The van der Waals surface area contributed by atoms with Crippen molar-refractivity contribution in [2.24, 2.45) is 5.92 Å². The van der Waals surface area contributed by atoms with Gasteiger partial charge < -0.3 is 10.2 Å². The molecule has 2 aromatic rings. The van der Waals surface area contributed by atoms with E-state index in [1.165, 1.54) is 23.1 Å². The van der Waals surface area contributed by atoms with Crippen LogP contribution in [0.1, 0.15) is 37.8 Å². The fourth-order valence-corrected chi connectivity index (χ4v) is 3.49. The second kappa shape index (κ2) is 8.30. The molecule has 0 saturated carbocycles. The van der Waals surface area contributed by atoms with Crippen molar-refractivity contribution in [2.45, 2.75) is 32.2 Å². The SMILES string of the molecule is CC(c1ccc(-c2ccccc2)cc1)N(C)C(=O)CCC1CCNC1. The Labute approximate surface area is 151 Å². The van der Waals surface area contributed by atoms with E-state index in [4.69, 9.17) is 0 Å². The molecule has 2 unspecified atom stereocenters. The lowest BCUT2D eigenvalue weighted by Crippen LogP contribution is -2.30. The van der Waals surface area contributed by atoms with Crippen LogP contribution in [0.2, 0.25) is 0 Å². The van der Waals surface area contributed by atoms with Gasteiger partial charge in [-0.1, -0.05) is 54.6 Å². The third-order valence-corrected chi connectivity index (χ3v) is 5.40. The molecule has 1 heterocycles. The molecule has 0 aromatic heterocycles. The van der Waals surface area contributed by atoms with Crippen molar-refractivity contribution in [2.75, 3.05) is 20.1 Å². The molecule has 0 spiro atoms. The largest absolute Gasteiger partial charge is 0.339 e. The monoisotopic (exact) mass is 336 g/mol. The first-order valence-electron chi connectivity index (χ1n) is 9.27. The van der Waals surface area contributed by atoms with Crippen molar-refractivity contribution < 1.29 is 4.79 Å². The summed E-state index contributed by atoms with van der Waals surface area (Å²) in [5.41, 5.74) is 3.61. The van der Waals surface area contributed by atoms with Gasteiger partial charge in [-0.05, 0) is 55.5 Å². The van der Waals surface area contributed by atoms with E-state index in [1.54, 1.807) is 0 Å². The molecule has 3 nitrogen and oxygen atoms in total. The summed E-state index contributed by atoms with van der Waals surface area (Å²) in [5, 5.41) is 3.37. The van der Waals surface area contributed by atoms with Gasteiger partial charge in [0, 0.05) is 13.5 Å². The lowest BCUT2D eigenvalue weighted by atomic mass is 9.99. The van der Waals surface area contributed by atoms with Crippen LogP contribution in [0.25, 0.3) is 11.1 Å². The molecular formula is C22H28N2O. The number of nitrogens with one attached hydrogen (secondary N) is 1. The summed E-state index contributed by atoms with van der Waals surface area (Å²) in [5.74, 6) is 0.907. The number of amides is 1. The van der Waals surface area contributed by atoms with Crippen LogP contribution in [0.5, 0.6) is 0 Å². The zero-order chi connectivity index (χ0) is 17.6. The number of hydrogen-bond donors (Lipinski definition) is 1. The van der Waals surface area contributed by atoms with E-state index >= 15 is 0 Å². The molecule has 0 bridgehead atoms. The normalized spacial score (nSPS) is 18.1. The summed E-state index contributed by atoms with van der Waals surface area (Å²) in [4.78, 5) is 14.4. The lowest BCUT2D eigenvalue weighted by molar-refractivity contribution is -0.132. The molecule has 0 aliphatic carbocycles. The zero-order valence-electron chi connectivity index (χ0n) is 15.2. The van der Waals surface area contributed by atoms with E-state index in [0.717, 1.165) is 19.5 Å². The van der Waals surface area contributed by atoms with Crippen molar-refractivity contribution >= 4 is 5.91 Å². The maximum atomic E-state index is 12.5. The summed E-state index contributed by atoms with van der Waals surface area (Å²) in [6.45, 7) is 4.26. The molecule has 0 radical (unpaired) electrons. The molecule has 2 atom stereocenters. The van der Waals surface area contributed by atoms with E-state index < -0.39 is 0 Å². The minimum absolute atomic E-state index is 0.0963. The molecule has 2 aromatic carbocycles. The predicted octanol–water partition coefficient (Wildman–Crippen LogP) is 4.26. The Hall–Kier alpha value is -2.13. The molecule has 1 amide bonds. The van der Waals surface area contributed by atoms with Gasteiger partial charge in [-0.3, -0.25) is 4.79 Å². The molecule has 25 heavy (non-hydrogen) atoms. The summed E-state index contributed by atoms with van der Waals surface area (Å²) in [7, 11) is 1.92.